The average molecular weight is 164 g/mol. The van der Waals surface area contributed by atoms with Crippen LogP contribution in [0.4, 0.5) is 0 Å². The molecule has 0 saturated carbocycles. The molecule has 0 radical (unpaired) electrons. The van der Waals surface area contributed by atoms with Gasteiger partial charge in [0.15, 0.2) is 0 Å². The molecule has 0 spiro atoms. The molecule has 2 atom stereocenters. The molecule has 2 N–H and O–H groups in total. The molecule has 1 rings (SSSR count). The molecule has 0 aromatic rings. The minimum absolute atomic E-state index is 0.506. The van der Waals surface area contributed by atoms with Crippen molar-refractivity contribution in [2.45, 2.75) is 26.7 Å². The molecule has 0 aromatic heterocycles. The van der Waals surface area contributed by atoms with Gasteiger partial charge in [-0.25, -0.2) is 0 Å². The Balaban J connectivity index is 2.81. The maximum Gasteiger partial charge on any atom is 0.140 e. The monoisotopic (exact) mass is 164 g/mol. The summed E-state index contributed by atoms with van der Waals surface area (Å²) >= 11 is 0. The molecule has 1 nitrogen and oxygen atoms in total. The van der Waals surface area contributed by atoms with E-state index in [0.717, 1.165) is 12.8 Å². The summed E-state index contributed by atoms with van der Waals surface area (Å²) in [6, 6.07) is 0. The van der Waals surface area contributed by atoms with Crippen LogP contribution in [0.25, 0.3) is 0 Å². The highest BCUT2D eigenvalue weighted by atomic mass is 14.4. The maximum absolute atomic E-state index is 5.58. The van der Waals surface area contributed by atoms with Crippen LogP contribution in [-0.4, -0.2) is 6.21 Å². The first kappa shape index (κ1) is 9.24. The van der Waals surface area contributed by atoms with E-state index < -0.39 is 0 Å². The van der Waals surface area contributed by atoms with Crippen LogP contribution in [0, 0.1) is 11.8 Å². The fourth-order valence-electron chi connectivity index (χ4n) is 1.83. The van der Waals surface area contributed by atoms with Gasteiger partial charge in [0, 0.05) is 5.92 Å². The van der Waals surface area contributed by atoms with E-state index in [2.05, 4.69) is 20.4 Å². The number of hydrogen-bond donors (Lipinski definition) is 1. The van der Waals surface area contributed by atoms with Crippen LogP contribution >= 0.6 is 0 Å². The van der Waals surface area contributed by atoms with Crippen molar-refractivity contribution in [3.63, 3.8) is 0 Å². The van der Waals surface area contributed by atoms with Gasteiger partial charge >= 0.3 is 0 Å². The molecular weight excluding hydrogens is 146 g/mol. The molecule has 0 aliphatic heterocycles. The lowest BCUT2D eigenvalue weighted by Gasteiger charge is -2.26. The van der Waals surface area contributed by atoms with Crippen molar-refractivity contribution in [3.05, 3.63) is 23.8 Å². The minimum Gasteiger partial charge on any atom is -0.264 e. The molecule has 1 aliphatic carbocycles. The van der Waals surface area contributed by atoms with Crippen molar-refractivity contribution in [1.82, 2.24) is 0 Å². The summed E-state index contributed by atoms with van der Waals surface area (Å²) in [7, 11) is 0. The lowest BCUT2D eigenvalue weighted by Crippen LogP contribution is -2.37. The highest BCUT2D eigenvalue weighted by molar-refractivity contribution is 5.56. The van der Waals surface area contributed by atoms with Gasteiger partial charge in [0.25, 0.3) is 0 Å². The molecule has 0 fully saturated rings. The van der Waals surface area contributed by atoms with Crippen molar-refractivity contribution in [2.24, 2.45) is 11.8 Å². The highest BCUT2D eigenvalue weighted by Crippen LogP contribution is 2.32. The summed E-state index contributed by atoms with van der Waals surface area (Å²) < 4.78 is 0. The Hall–Kier alpha value is -0.850. The second kappa shape index (κ2) is 3.70. The van der Waals surface area contributed by atoms with Gasteiger partial charge in [-0.2, -0.15) is 0 Å². The number of allylic oxidation sites excluding steroid dienone is 3. The Morgan fingerprint density at radius 1 is 1.25 bits per heavy atom. The van der Waals surface area contributed by atoms with Crippen LogP contribution in [0.2, 0.25) is 0 Å². The van der Waals surface area contributed by atoms with Crippen LogP contribution in [0.5, 0.6) is 0 Å². The van der Waals surface area contributed by atoms with E-state index in [9.17, 15) is 0 Å². The molecule has 0 aromatic carbocycles. The molecular formula is C11H18N+. The molecule has 12 heavy (non-hydrogen) atoms. The van der Waals surface area contributed by atoms with Gasteiger partial charge in [0.05, 0.1) is 0 Å². The first-order valence-electron chi connectivity index (χ1n) is 4.52. The summed E-state index contributed by atoms with van der Waals surface area (Å²) in [5, 5.41) is 5.58. The molecule has 0 heterocycles. The Bertz CT molecular complexity index is 201. The van der Waals surface area contributed by atoms with Gasteiger partial charge in [-0.1, -0.05) is 17.2 Å². The van der Waals surface area contributed by atoms with Crippen LogP contribution in [0.15, 0.2) is 23.8 Å². The van der Waals surface area contributed by atoms with E-state index in [4.69, 9.17) is 5.41 Å². The second-order valence-corrected chi connectivity index (χ2v) is 3.72. The molecule has 1 aliphatic rings. The third kappa shape index (κ3) is 1.66. The van der Waals surface area contributed by atoms with E-state index in [1.807, 2.05) is 12.3 Å². The van der Waals surface area contributed by atoms with Crippen molar-refractivity contribution < 1.29 is 5.41 Å². The summed E-state index contributed by atoms with van der Waals surface area (Å²) in [5.74, 6) is 1.06. The van der Waals surface area contributed by atoms with Crippen molar-refractivity contribution >= 4 is 6.21 Å². The van der Waals surface area contributed by atoms with Crippen LogP contribution in [0.1, 0.15) is 26.7 Å². The predicted molar refractivity (Wildman–Crippen MR) is 52.8 cm³/mol. The summed E-state index contributed by atoms with van der Waals surface area (Å²) in [6.07, 6.45) is 6.10. The minimum atomic E-state index is 0.506. The zero-order chi connectivity index (χ0) is 9.14. The Morgan fingerprint density at radius 3 is 2.17 bits per heavy atom. The van der Waals surface area contributed by atoms with E-state index in [0.29, 0.717) is 11.8 Å². The maximum atomic E-state index is 5.58. The molecule has 0 saturated heterocycles. The lowest BCUT2D eigenvalue weighted by atomic mass is 9.77. The van der Waals surface area contributed by atoms with E-state index in [-0.39, 0.29) is 0 Å². The van der Waals surface area contributed by atoms with Gasteiger partial charge in [-0.05, 0) is 32.6 Å². The smallest absolute Gasteiger partial charge is 0.140 e. The predicted octanol–water partition coefficient (Wildman–Crippen LogP) is 1.36. The van der Waals surface area contributed by atoms with Gasteiger partial charge in [-0.3, -0.25) is 5.41 Å². The van der Waals surface area contributed by atoms with Gasteiger partial charge in [0.2, 0.25) is 0 Å². The van der Waals surface area contributed by atoms with Gasteiger partial charge < -0.3 is 0 Å². The molecule has 2 unspecified atom stereocenters. The third-order valence-electron chi connectivity index (χ3n) is 2.91. The summed E-state index contributed by atoms with van der Waals surface area (Å²) in [4.78, 5) is 0. The first-order chi connectivity index (χ1) is 5.69. The van der Waals surface area contributed by atoms with Crippen LogP contribution < -0.4 is 5.41 Å². The Labute approximate surface area is 74.7 Å². The fourth-order valence-corrected chi connectivity index (χ4v) is 1.83. The van der Waals surface area contributed by atoms with Gasteiger partial charge in [-0.15, -0.1) is 6.58 Å². The Kier molecular flexibility index (Phi) is 2.85. The molecule has 1 heteroatoms. The normalized spacial score (nSPS) is 30.2. The largest absolute Gasteiger partial charge is 0.264 e. The first-order valence-corrected chi connectivity index (χ1v) is 4.52. The van der Waals surface area contributed by atoms with E-state index in [1.54, 1.807) is 0 Å². The van der Waals surface area contributed by atoms with Crippen LogP contribution in [0.3, 0.4) is 0 Å². The number of hydrogen-bond acceptors (Lipinski definition) is 0. The average Bonchev–Trinajstić information content (AvgIpc) is 2.09. The topological polar surface area (TPSA) is 25.6 Å². The SMILES string of the molecule is C=CC1CC(C)=C(C)CC1C=[NH2+]. The summed E-state index contributed by atoms with van der Waals surface area (Å²) in [5.41, 5.74) is 3.01. The summed E-state index contributed by atoms with van der Waals surface area (Å²) in [6.45, 7) is 8.25. The second-order valence-electron chi connectivity index (χ2n) is 3.72. The standard InChI is InChI=1S/C11H17N/c1-4-10-5-8(2)9(3)6-11(10)7-12/h4,7,10-12H,1,5-6H2,2-3H3/p+1. The van der Waals surface area contributed by atoms with Crippen LogP contribution in [-0.2, 0) is 0 Å². The Morgan fingerprint density at radius 2 is 1.75 bits per heavy atom. The fraction of sp³-hybridized carbons (Fsp3) is 0.545. The third-order valence-corrected chi connectivity index (χ3v) is 2.91. The highest BCUT2D eigenvalue weighted by Gasteiger charge is 2.24. The number of nitrogens with two attached hydrogens (primary N) is 1. The quantitative estimate of drug-likeness (QED) is 0.471. The van der Waals surface area contributed by atoms with E-state index >= 15 is 0 Å². The molecule has 0 bridgehead atoms. The van der Waals surface area contributed by atoms with Crippen molar-refractivity contribution in [1.29, 1.82) is 0 Å². The van der Waals surface area contributed by atoms with Gasteiger partial charge in [0.1, 0.15) is 6.21 Å². The van der Waals surface area contributed by atoms with Crippen molar-refractivity contribution in [2.75, 3.05) is 0 Å². The zero-order valence-corrected chi connectivity index (χ0v) is 8.01. The molecule has 66 valence electrons. The molecule has 0 amide bonds. The zero-order valence-electron chi connectivity index (χ0n) is 8.01. The lowest BCUT2D eigenvalue weighted by molar-refractivity contribution is -0.112. The van der Waals surface area contributed by atoms with E-state index in [1.165, 1.54) is 11.1 Å². The number of rotatable bonds is 2. The van der Waals surface area contributed by atoms with Crippen molar-refractivity contribution in [3.8, 4) is 0 Å².